The highest BCUT2D eigenvalue weighted by Crippen LogP contribution is 2.38. The third kappa shape index (κ3) is 5.04. The van der Waals surface area contributed by atoms with Crippen LogP contribution < -0.4 is 14.2 Å². The molecule has 33 heavy (non-hydrogen) atoms. The zero-order valence-corrected chi connectivity index (χ0v) is 19.5. The van der Waals surface area contributed by atoms with E-state index >= 15 is 0 Å². The number of hydrogen-bond acceptors (Lipinski definition) is 6. The van der Waals surface area contributed by atoms with Crippen molar-refractivity contribution in [2.75, 3.05) is 21.3 Å². The number of carbonyl (C=O) groups is 1. The van der Waals surface area contributed by atoms with Crippen LogP contribution in [0.4, 0.5) is 5.69 Å². The molecule has 7 heteroatoms. The molecule has 0 aliphatic carbocycles. The molecule has 1 amide bonds. The SMILES string of the molecule is COc1ccc(CN2C(=O)/C(=C/c3cccc(OC)c3OC)SC2=Nc2ccccc2)cc1. The van der Waals surface area contributed by atoms with E-state index in [0.717, 1.165) is 22.6 Å². The zero-order valence-electron chi connectivity index (χ0n) is 18.6. The summed E-state index contributed by atoms with van der Waals surface area (Å²) >= 11 is 1.34. The molecular formula is C26H24N2O4S. The van der Waals surface area contributed by atoms with Crippen molar-refractivity contribution in [2.45, 2.75) is 6.54 Å². The van der Waals surface area contributed by atoms with E-state index in [1.165, 1.54) is 11.8 Å². The number of rotatable bonds is 7. The number of ether oxygens (including phenoxy) is 3. The molecule has 0 unspecified atom stereocenters. The fourth-order valence-corrected chi connectivity index (χ4v) is 4.41. The van der Waals surface area contributed by atoms with Gasteiger partial charge in [-0.3, -0.25) is 9.69 Å². The minimum atomic E-state index is -0.115. The Morgan fingerprint density at radius 2 is 1.64 bits per heavy atom. The van der Waals surface area contributed by atoms with Crippen LogP contribution in [0.5, 0.6) is 17.2 Å². The predicted octanol–water partition coefficient (Wildman–Crippen LogP) is 5.52. The standard InChI is InChI=1S/C26H24N2O4S/c1-30-21-14-12-18(13-15-21)17-28-25(29)23(33-26(28)27-20-9-5-4-6-10-20)16-19-8-7-11-22(31-2)24(19)32-3/h4-16H,17H2,1-3H3/b23-16-,27-26?. The van der Waals surface area contributed by atoms with Crippen LogP contribution >= 0.6 is 11.8 Å². The Balaban J connectivity index is 1.71. The van der Waals surface area contributed by atoms with E-state index in [9.17, 15) is 4.79 Å². The fraction of sp³-hybridized carbons (Fsp3) is 0.154. The highest BCUT2D eigenvalue weighted by molar-refractivity contribution is 8.18. The van der Waals surface area contributed by atoms with Crippen LogP contribution in [0.3, 0.4) is 0 Å². The van der Waals surface area contributed by atoms with E-state index < -0.39 is 0 Å². The van der Waals surface area contributed by atoms with Gasteiger partial charge in [-0.1, -0.05) is 42.5 Å². The Labute approximate surface area is 197 Å². The summed E-state index contributed by atoms with van der Waals surface area (Å²) in [7, 11) is 4.80. The molecule has 0 spiro atoms. The first-order valence-electron chi connectivity index (χ1n) is 10.3. The topological polar surface area (TPSA) is 60.4 Å². The van der Waals surface area contributed by atoms with Crippen molar-refractivity contribution in [3.05, 3.63) is 88.8 Å². The predicted molar refractivity (Wildman–Crippen MR) is 132 cm³/mol. The second kappa shape index (κ2) is 10.3. The molecule has 6 nitrogen and oxygen atoms in total. The maximum absolute atomic E-state index is 13.5. The number of methoxy groups -OCH3 is 3. The van der Waals surface area contributed by atoms with Gasteiger partial charge in [0.1, 0.15) is 5.75 Å². The second-order valence-electron chi connectivity index (χ2n) is 7.16. The molecule has 0 aromatic heterocycles. The van der Waals surface area contributed by atoms with E-state index in [2.05, 4.69) is 0 Å². The third-order valence-corrected chi connectivity index (χ3v) is 6.10. The van der Waals surface area contributed by atoms with Gasteiger partial charge in [-0.05, 0) is 53.7 Å². The van der Waals surface area contributed by atoms with Crippen LogP contribution in [0.1, 0.15) is 11.1 Å². The van der Waals surface area contributed by atoms with Crippen LogP contribution in [0.2, 0.25) is 0 Å². The van der Waals surface area contributed by atoms with Crippen LogP contribution in [0.25, 0.3) is 6.08 Å². The minimum Gasteiger partial charge on any atom is -0.497 e. The summed E-state index contributed by atoms with van der Waals surface area (Å²) in [5, 5.41) is 0.620. The normalized spacial score (nSPS) is 15.8. The summed E-state index contributed by atoms with van der Waals surface area (Å²) in [5.74, 6) is 1.84. The maximum atomic E-state index is 13.5. The van der Waals surface area contributed by atoms with E-state index in [-0.39, 0.29) is 5.91 Å². The molecule has 0 saturated carbocycles. The lowest BCUT2D eigenvalue weighted by molar-refractivity contribution is -0.122. The van der Waals surface area contributed by atoms with Gasteiger partial charge in [0.15, 0.2) is 16.7 Å². The minimum absolute atomic E-state index is 0.115. The molecular weight excluding hydrogens is 436 g/mol. The average molecular weight is 461 g/mol. The molecule has 1 saturated heterocycles. The van der Waals surface area contributed by atoms with Crippen LogP contribution in [0, 0.1) is 0 Å². The van der Waals surface area contributed by atoms with E-state index in [1.54, 1.807) is 26.2 Å². The van der Waals surface area contributed by atoms with Crippen molar-refractivity contribution in [3.8, 4) is 17.2 Å². The van der Waals surface area contributed by atoms with Crippen molar-refractivity contribution < 1.29 is 19.0 Å². The first-order valence-corrected chi connectivity index (χ1v) is 11.1. The summed E-state index contributed by atoms with van der Waals surface area (Å²) < 4.78 is 16.2. The van der Waals surface area contributed by atoms with Crippen molar-refractivity contribution in [1.82, 2.24) is 4.90 Å². The highest BCUT2D eigenvalue weighted by Gasteiger charge is 2.34. The number of amides is 1. The zero-order chi connectivity index (χ0) is 23.2. The van der Waals surface area contributed by atoms with Gasteiger partial charge in [-0.2, -0.15) is 0 Å². The molecule has 1 aliphatic rings. The Kier molecular flexibility index (Phi) is 7.00. The number of nitrogens with zero attached hydrogens (tertiary/aromatic N) is 2. The quantitative estimate of drug-likeness (QED) is 0.435. The number of aliphatic imine (C=N–C) groups is 1. The number of thioether (sulfide) groups is 1. The molecule has 1 heterocycles. The Morgan fingerprint density at radius 3 is 2.30 bits per heavy atom. The van der Waals surface area contributed by atoms with Crippen molar-refractivity contribution in [3.63, 3.8) is 0 Å². The summed E-state index contributed by atoms with van der Waals surface area (Å²) in [6, 6.07) is 22.9. The maximum Gasteiger partial charge on any atom is 0.267 e. The van der Waals surface area contributed by atoms with Crippen LogP contribution in [-0.4, -0.2) is 37.3 Å². The molecule has 0 radical (unpaired) electrons. The van der Waals surface area contributed by atoms with Gasteiger partial charge in [0.2, 0.25) is 0 Å². The monoisotopic (exact) mass is 460 g/mol. The van der Waals surface area contributed by atoms with Crippen molar-refractivity contribution in [2.24, 2.45) is 4.99 Å². The molecule has 4 rings (SSSR count). The number of hydrogen-bond donors (Lipinski definition) is 0. The lowest BCUT2D eigenvalue weighted by atomic mass is 10.1. The Hall–Kier alpha value is -3.71. The summed E-state index contributed by atoms with van der Waals surface area (Å²) in [5.41, 5.74) is 2.52. The first kappa shape index (κ1) is 22.5. The van der Waals surface area contributed by atoms with E-state index in [4.69, 9.17) is 19.2 Å². The molecule has 1 fully saturated rings. The average Bonchev–Trinajstić information content (AvgIpc) is 3.13. The van der Waals surface area contributed by atoms with Crippen molar-refractivity contribution in [1.29, 1.82) is 0 Å². The lowest BCUT2D eigenvalue weighted by Crippen LogP contribution is -2.28. The molecule has 0 N–H and O–H groups in total. The summed E-state index contributed by atoms with van der Waals surface area (Å²) in [6.45, 7) is 0.397. The van der Waals surface area contributed by atoms with Gasteiger partial charge in [-0.15, -0.1) is 0 Å². The number of benzene rings is 3. The lowest BCUT2D eigenvalue weighted by Gasteiger charge is -2.16. The summed E-state index contributed by atoms with van der Waals surface area (Å²) in [4.78, 5) is 20.5. The Morgan fingerprint density at radius 1 is 0.879 bits per heavy atom. The van der Waals surface area contributed by atoms with E-state index in [0.29, 0.717) is 28.1 Å². The molecule has 3 aromatic carbocycles. The highest BCUT2D eigenvalue weighted by atomic mass is 32.2. The molecule has 168 valence electrons. The van der Waals surface area contributed by atoms with Gasteiger partial charge >= 0.3 is 0 Å². The number of carbonyl (C=O) groups excluding carboxylic acids is 1. The van der Waals surface area contributed by atoms with Crippen molar-refractivity contribution >= 4 is 34.6 Å². The smallest absolute Gasteiger partial charge is 0.267 e. The summed E-state index contributed by atoms with van der Waals surface area (Å²) in [6.07, 6.45) is 1.82. The van der Waals surface area contributed by atoms with Gasteiger partial charge in [-0.25, -0.2) is 4.99 Å². The fourth-order valence-electron chi connectivity index (χ4n) is 3.42. The first-order chi connectivity index (χ1) is 16.1. The van der Waals surface area contributed by atoms with Crippen LogP contribution in [-0.2, 0) is 11.3 Å². The molecule has 3 aromatic rings. The van der Waals surface area contributed by atoms with Gasteiger partial charge in [0.25, 0.3) is 5.91 Å². The molecule has 1 aliphatic heterocycles. The van der Waals surface area contributed by atoms with Crippen LogP contribution in [0.15, 0.2) is 82.7 Å². The molecule has 0 atom stereocenters. The second-order valence-corrected chi connectivity index (χ2v) is 8.17. The van der Waals surface area contributed by atoms with E-state index in [1.807, 2.05) is 78.9 Å². The largest absolute Gasteiger partial charge is 0.497 e. The van der Waals surface area contributed by atoms with Gasteiger partial charge in [0, 0.05) is 5.56 Å². The number of amidine groups is 1. The Bertz CT molecular complexity index is 1190. The molecule has 0 bridgehead atoms. The van der Waals surface area contributed by atoms with Gasteiger partial charge in [0.05, 0.1) is 38.5 Å². The van der Waals surface area contributed by atoms with Gasteiger partial charge < -0.3 is 14.2 Å². The third-order valence-electron chi connectivity index (χ3n) is 5.09. The number of para-hydroxylation sites is 2.